The number of anilines is 1. The lowest BCUT2D eigenvalue weighted by Crippen LogP contribution is -2.14. The topological polar surface area (TPSA) is 54.9 Å². The standard InChI is InChI=1S/C16H15N3OS/c1-9-4-7-13-14(8-9)21-16(18-13)19-15(20)12-6-5-10(2)17-11(12)3/h4-8H,1-3H3,(H,18,19,20). The first-order valence-corrected chi connectivity index (χ1v) is 7.47. The maximum absolute atomic E-state index is 12.3. The lowest BCUT2D eigenvalue weighted by molar-refractivity contribution is 0.102. The van der Waals surface area contributed by atoms with Crippen LogP contribution in [0.5, 0.6) is 0 Å². The van der Waals surface area contributed by atoms with Gasteiger partial charge in [0, 0.05) is 5.69 Å². The smallest absolute Gasteiger partial charge is 0.259 e. The third kappa shape index (κ3) is 2.78. The number of fused-ring (bicyclic) bond motifs is 1. The van der Waals surface area contributed by atoms with Crippen molar-refractivity contribution in [3.05, 3.63) is 52.8 Å². The molecule has 2 heterocycles. The summed E-state index contributed by atoms with van der Waals surface area (Å²) in [5.41, 5.74) is 4.29. The zero-order chi connectivity index (χ0) is 15.0. The van der Waals surface area contributed by atoms with Gasteiger partial charge in [0.2, 0.25) is 0 Å². The summed E-state index contributed by atoms with van der Waals surface area (Å²) in [7, 11) is 0. The van der Waals surface area contributed by atoms with Gasteiger partial charge in [-0.3, -0.25) is 15.1 Å². The van der Waals surface area contributed by atoms with Gasteiger partial charge in [0.1, 0.15) is 0 Å². The quantitative estimate of drug-likeness (QED) is 0.781. The van der Waals surface area contributed by atoms with Gasteiger partial charge in [0.25, 0.3) is 5.91 Å². The molecular formula is C16H15N3OS. The Hall–Kier alpha value is -2.27. The van der Waals surface area contributed by atoms with Crippen LogP contribution in [0.4, 0.5) is 5.13 Å². The molecule has 0 bridgehead atoms. The SMILES string of the molecule is Cc1ccc2nc(NC(=O)c3ccc(C)nc3C)sc2c1. The van der Waals surface area contributed by atoms with E-state index in [9.17, 15) is 4.79 Å². The maximum atomic E-state index is 12.3. The lowest BCUT2D eigenvalue weighted by atomic mass is 10.2. The van der Waals surface area contributed by atoms with Crippen LogP contribution < -0.4 is 5.32 Å². The highest BCUT2D eigenvalue weighted by Crippen LogP contribution is 2.27. The summed E-state index contributed by atoms with van der Waals surface area (Å²) in [6.07, 6.45) is 0. The number of hydrogen-bond acceptors (Lipinski definition) is 4. The van der Waals surface area contributed by atoms with Crippen LogP contribution in [0.15, 0.2) is 30.3 Å². The Labute approximate surface area is 126 Å². The molecule has 0 aliphatic carbocycles. The van der Waals surface area contributed by atoms with Crippen LogP contribution in [-0.2, 0) is 0 Å². The maximum Gasteiger partial charge on any atom is 0.259 e. The molecule has 21 heavy (non-hydrogen) atoms. The van der Waals surface area contributed by atoms with Crippen LogP contribution in [-0.4, -0.2) is 15.9 Å². The zero-order valence-corrected chi connectivity index (χ0v) is 12.9. The van der Waals surface area contributed by atoms with Crippen molar-refractivity contribution in [1.82, 2.24) is 9.97 Å². The fourth-order valence-electron chi connectivity index (χ4n) is 2.18. The molecule has 2 aromatic heterocycles. The molecule has 4 nitrogen and oxygen atoms in total. The van der Waals surface area contributed by atoms with E-state index in [0.717, 1.165) is 21.6 Å². The fraction of sp³-hybridized carbons (Fsp3) is 0.188. The second kappa shape index (κ2) is 5.26. The van der Waals surface area contributed by atoms with E-state index in [-0.39, 0.29) is 5.91 Å². The van der Waals surface area contributed by atoms with Crippen LogP contribution in [0.1, 0.15) is 27.3 Å². The van der Waals surface area contributed by atoms with Gasteiger partial charge in [-0.05, 0) is 50.6 Å². The first-order valence-electron chi connectivity index (χ1n) is 6.66. The molecule has 0 aliphatic heterocycles. The Balaban J connectivity index is 1.89. The number of aryl methyl sites for hydroxylation is 3. The Morgan fingerprint density at radius 3 is 2.67 bits per heavy atom. The monoisotopic (exact) mass is 297 g/mol. The van der Waals surface area contributed by atoms with E-state index in [1.165, 1.54) is 16.9 Å². The normalized spacial score (nSPS) is 10.8. The molecule has 3 rings (SSSR count). The van der Waals surface area contributed by atoms with Gasteiger partial charge in [-0.25, -0.2) is 4.98 Å². The van der Waals surface area contributed by atoms with E-state index in [0.29, 0.717) is 10.7 Å². The number of rotatable bonds is 2. The molecule has 3 aromatic rings. The predicted molar refractivity (Wildman–Crippen MR) is 86.0 cm³/mol. The minimum atomic E-state index is -0.171. The summed E-state index contributed by atoms with van der Waals surface area (Å²) >= 11 is 1.48. The number of carbonyl (C=O) groups is 1. The average molecular weight is 297 g/mol. The molecule has 0 radical (unpaired) electrons. The minimum Gasteiger partial charge on any atom is -0.298 e. The molecule has 0 saturated carbocycles. The summed E-state index contributed by atoms with van der Waals surface area (Å²) in [5.74, 6) is -0.171. The molecule has 0 aliphatic rings. The fourth-order valence-corrected chi connectivity index (χ4v) is 3.14. The number of hydrogen-bond donors (Lipinski definition) is 1. The van der Waals surface area contributed by atoms with E-state index < -0.39 is 0 Å². The van der Waals surface area contributed by atoms with Crippen molar-refractivity contribution in [3.63, 3.8) is 0 Å². The third-order valence-electron chi connectivity index (χ3n) is 3.23. The molecule has 0 unspecified atom stereocenters. The van der Waals surface area contributed by atoms with Gasteiger partial charge < -0.3 is 0 Å². The number of nitrogens with one attached hydrogen (secondary N) is 1. The number of aromatic nitrogens is 2. The van der Waals surface area contributed by atoms with E-state index >= 15 is 0 Å². The largest absolute Gasteiger partial charge is 0.298 e. The van der Waals surface area contributed by atoms with Crippen molar-refractivity contribution in [2.45, 2.75) is 20.8 Å². The predicted octanol–water partition coefficient (Wildman–Crippen LogP) is 3.87. The highest BCUT2D eigenvalue weighted by atomic mass is 32.1. The summed E-state index contributed by atoms with van der Waals surface area (Å²) < 4.78 is 1.07. The van der Waals surface area contributed by atoms with E-state index in [1.807, 2.05) is 39.0 Å². The number of carbonyl (C=O) groups excluding carboxylic acids is 1. The third-order valence-corrected chi connectivity index (χ3v) is 4.17. The molecule has 0 fully saturated rings. The molecule has 1 N–H and O–H groups in total. The number of thiazole rings is 1. The van der Waals surface area contributed by atoms with Crippen molar-refractivity contribution < 1.29 is 4.79 Å². The van der Waals surface area contributed by atoms with Crippen LogP contribution in [0.3, 0.4) is 0 Å². The number of nitrogens with zero attached hydrogens (tertiary/aromatic N) is 2. The van der Waals surface area contributed by atoms with E-state index in [2.05, 4.69) is 21.4 Å². The first-order chi connectivity index (χ1) is 10.0. The second-order valence-electron chi connectivity index (χ2n) is 5.03. The van der Waals surface area contributed by atoms with E-state index in [1.54, 1.807) is 6.07 Å². The minimum absolute atomic E-state index is 0.171. The molecule has 106 valence electrons. The Morgan fingerprint density at radius 1 is 1.10 bits per heavy atom. The molecule has 0 atom stereocenters. The van der Waals surface area contributed by atoms with Gasteiger partial charge >= 0.3 is 0 Å². The number of amides is 1. The lowest BCUT2D eigenvalue weighted by Gasteiger charge is -2.05. The molecule has 0 spiro atoms. The number of pyridine rings is 1. The highest BCUT2D eigenvalue weighted by Gasteiger charge is 2.13. The summed E-state index contributed by atoms with van der Waals surface area (Å²) in [6.45, 7) is 5.78. The van der Waals surface area contributed by atoms with Crippen molar-refractivity contribution in [1.29, 1.82) is 0 Å². The molecular weight excluding hydrogens is 282 g/mol. The molecule has 1 aromatic carbocycles. The van der Waals surface area contributed by atoms with Crippen molar-refractivity contribution in [2.75, 3.05) is 5.32 Å². The van der Waals surface area contributed by atoms with Crippen LogP contribution in [0.25, 0.3) is 10.2 Å². The van der Waals surface area contributed by atoms with Gasteiger partial charge in [-0.2, -0.15) is 0 Å². The Kier molecular flexibility index (Phi) is 3.43. The van der Waals surface area contributed by atoms with Gasteiger partial charge in [0.05, 0.1) is 21.5 Å². The highest BCUT2D eigenvalue weighted by molar-refractivity contribution is 7.22. The van der Waals surface area contributed by atoms with E-state index in [4.69, 9.17) is 0 Å². The van der Waals surface area contributed by atoms with Crippen molar-refractivity contribution in [2.24, 2.45) is 0 Å². The van der Waals surface area contributed by atoms with Gasteiger partial charge in [0.15, 0.2) is 5.13 Å². The van der Waals surface area contributed by atoms with Crippen LogP contribution in [0.2, 0.25) is 0 Å². The number of benzene rings is 1. The van der Waals surface area contributed by atoms with Crippen LogP contribution >= 0.6 is 11.3 Å². The van der Waals surface area contributed by atoms with Crippen molar-refractivity contribution >= 4 is 32.6 Å². The molecule has 5 heteroatoms. The van der Waals surface area contributed by atoms with Crippen LogP contribution in [0, 0.1) is 20.8 Å². The molecule has 1 amide bonds. The summed E-state index contributed by atoms with van der Waals surface area (Å²) in [6, 6.07) is 9.69. The second-order valence-corrected chi connectivity index (χ2v) is 6.06. The van der Waals surface area contributed by atoms with Crippen molar-refractivity contribution in [3.8, 4) is 0 Å². The van der Waals surface area contributed by atoms with Gasteiger partial charge in [-0.15, -0.1) is 0 Å². The zero-order valence-electron chi connectivity index (χ0n) is 12.1. The summed E-state index contributed by atoms with van der Waals surface area (Å²) in [4.78, 5) is 21.1. The summed E-state index contributed by atoms with van der Waals surface area (Å²) in [5, 5.41) is 3.47. The Morgan fingerprint density at radius 2 is 1.90 bits per heavy atom. The van der Waals surface area contributed by atoms with Gasteiger partial charge in [-0.1, -0.05) is 17.4 Å². The average Bonchev–Trinajstić information content (AvgIpc) is 2.79. The Bertz CT molecular complexity index is 839. The first kappa shape index (κ1) is 13.7. The molecule has 0 saturated heterocycles.